The SMILES string of the molecule is Cc1nn(-c2ccc(NC(=O)[C@H](O)c3cc(F)cc(C(F)(F)F)c3)cc2Cl)c2c(N)ncnc12. The molecule has 0 aliphatic carbocycles. The van der Waals surface area contributed by atoms with Gasteiger partial charge < -0.3 is 16.2 Å². The average molecular weight is 495 g/mol. The van der Waals surface area contributed by atoms with Crippen LogP contribution < -0.4 is 11.1 Å². The highest BCUT2D eigenvalue weighted by molar-refractivity contribution is 6.32. The molecular formula is C21H15ClF4N6O2. The van der Waals surface area contributed by atoms with Crippen LogP contribution in [0.25, 0.3) is 16.7 Å². The van der Waals surface area contributed by atoms with Crippen LogP contribution in [-0.2, 0) is 11.0 Å². The molecule has 0 radical (unpaired) electrons. The zero-order chi connectivity index (χ0) is 24.8. The number of nitrogen functional groups attached to an aromatic ring is 1. The van der Waals surface area contributed by atoms with Crippen LogP contribution in [0, 0.1) is 12.7 Å². The number of alkyl halides is 3. The third-order valence-corrected chi connectivity index (χ3v) is 5.21. The largest absolute Gasteiger partial charge is 0.416 e. The second-order valence-electron chi connectivity index (χ2n) is 7.28. The van der Waals surface area contributed by atoms with Crippen LogP contribution in [0.4, 0.5) is 29.1 Å². The molecular weight excluding hydrogens is 480 g/mol. The zero-order valence-electron chi connectivity index (χ0n) is 17.2. The Kier molecular flexibility index (Phi) is 5.87. The molecule has 1 atom stereocenters. The molecule has 0 aliphatic heterocycles. The lowest BCUT2D eigenvalue weighted by Crippen LogP contribution is -2.21. The number of halogens is 5. The lowest BCUT2D eigenvalue weighted by Gasteiger charge is -2.15. The molecule has 0 unspecified atom stereocenters. The second-order valence-corrected chi connectivity index (χ2v) is 7.69. The molecule has 2 aromatic heterocycles. The van der Waals surface area contributed by atoms with Crippen LogP contribution in [0.3, 0.4) is 0 Å². The van der Waals surface area contributed by atoms with Crippen LogP contribution in [0.15, 0.2) is 42.7 Å². The summed E-state index contributed by atoms with van der Waals surface area (Å²) in [5.74, 6) is -2.15. The Hall–Kier alpha value is -3.77. The number of rotatable bonds is 4. The number of nitrogens with two attached hydrogens (primary N) is 1. The summed E-state index contributed by atoms with van der Waals surface area (Å²) in [5, 5.41) is 17.0. The molecule has 0 saturated heterocycles. The van der Waals surface area contributed by atoms with Crippen molar-refractivity contribution in [1.82, 2.24) is 19.7 Å². The Morgan fingerprint density at radius 2 is 1.94 bits per heavy atom. The molecule has 176 valence electrons. The molecule has 1 amide bonds. The van der Waals surface area contributed by atoms with E-state index in [1.165, 1.54) is 29.2 Å². The topological polar surface area (TPSA) is 119 Å². The quantitative estimate of drug-likeness (QED) is 0.366. The number of aromatic nitrogens is 4. The maximum atomic E-state index is 13.6. The summed E-state index contributed by atoms with van der Waals surface area (Å²) in [7, 11) is 0. The van der Waals surface area contributed by atoms with Gasteiger partial charge in [0, 0.05) is 5.69 Å². The van der Waals surface area contributed by atoms with Crippen LogP contribution in [0.5, 0.6) is 0 Å². The Bertz CT molecular complexity index is 1420. The van der Waals surface area contributed by atoms with Gasteiger partial charge in [0.25, 0.3) is 5.91 Å². The van der Waals surface area contributed by atoms with E-state index in [2.05, 4.69) is 20.4 Å². The number of aliphatic hydroxyl groups is 1. The molecule has 0 saturated carbocycles. The smallest absolute Gasteiger partial charge is 0.382 e. The number of nitrogens with one attached hydrogen (secondary N) is 1. The van der Waals surface area contributed by atoms with E-state index in [-0.39, 0.29) is 22.6 Å². The van der Waals surface area contributed by atoms with E-state index in [0.717, 1.165) is 0 Å². The molecule has 4 N–H and O–H groups in total. The molecule has 34 heavy (non-hydrogen) atoms. The van der Waals surface area contributed by atoms with Crippen molar-refractivity contribution < 1.29 is 27.5 Å². The van der Waals surface area contributed by atoms with Gasteiger partial charge in [-0.1, -0.05) is 11.6 Å². The third kappa shape index (κ3) is 4.37. The monoisotopic (exact) mass is 494 g/mol. The summed E-state index contributed by atoms with van der Waals surface area (Å²) in [6, 6.07) is 5.70. The fourth-order valence-electron chi connectivity index (χ4n) is 3.34. The van der Waals surface area contributed by atoms with Gasteiger partial charge in [0.2, 0.25) is 0 Å². The second kappa shape index (κ2) is 8.54. The molecule has 4 rings (SSSR count). The van der Waals surface area contributed by atoms with Gasteiger partial charge in [0.15, 0.2) is 11.9 Å². The van der Waals surface area contributed by atoms with Gasteiger partial charge in [0.1, 0.15) is 23.2 Å². The Morgan fingerprint density at radius 3 is 2.62 bits per heavy atom. The van der Waals surface area contributed by atoms with E-state index in [1.54, 1.807) is 6.92 Å². The molecule has 0 fully saturated rings. The lowest BCUT2D eigenvalue weighted by molar-refractivity contribution is -0.138. The van der Waals surface area contributed by atoms with Crippen LogP contribution in [0.1, 0.15) is 22.9 Å². The van der Waals surface area contributed by atoms with Gasteiger partial charge >= 0.3 is 6.18 Å². The fraction of sp³-hybridized carbons (Fsp3) is 0.143. The van der Waals surface area contributed by atoms with Gasteiger partial charge in [-0.05, 0) is 48.9 Å². The number of aryl methyl sites for hydroxylation is 1. The van der Waals surface area contributed by atoms with Crippen molar-refractivity contribution in [2.24, 2.45) is 0 Å². The number of amides is 1. The van der Waals surface area contributed by atoms with Crippen LogP contribution >= 0.6 is 11.6 Å². The van der Waals surface area contributed by atoms with Crippen molar-refractivity contribution in [3.8, 4) is 5.69 Å². The number of hydrogen-bond donors (Lipinski definition) is 3. The number of fused-ring (bicyclic) bond motifs is 1. The Morgan fingerprint density at radius 1 is 1.21 bits per heavy atom. The highest BCUT2D eigenvalue weighted by Gasteiger charge is 2.32. The number of carbonyl (C=O) groups excluding carboxylic acids is 1. The number of carbonyl (C=O) groups is 1. The summed E-state index contributed by atoms with van der Waals surface area (Å²) in [6.07, 6.45) is -5.61. The van der Waals surface area contributed by atoms with Crippen molar-refractivity contribution in [2.75, 3.05) is 11.1 Å². The minimum Gasteiger partial charge on any atom is -0.382 e. The van der Waals surface area contributed by atoms with Crippen molar-refractivity contribution in [3.05, 3.63) is 70.4 Å². The number of nitrogens with zero attached hydrogens (tertiary/aromatic N) is 4. The van der Waals surface area contributed by atoms with Crippen LogP contribution in [0.2, 0.25) is 5.02 Å². The average Bonchev–Trinajstić information content (AvgIpc) is 3.10. The van der Waals surface area contributed by atoms with E-state index in [4.69, 9.17) is 17.3 Å². The third-order valence-electron chi connectivity index (χ3n) is 4.91. The molecule has 13 heteroatoms. The van der Waals surface area contributed by atoms with E-state index >= 15 is 0 Å². The number of anilines is 2. The number of aliphatic hydroxyl groups excluding tert-OH is 1. The first kappa shape index (κ1) is 23.4. The molecule has 0 spiro atoms. The van der Waals surface area contributed by atoms with Crippen LogP contribution in [-0.4, -0.2) is 30.8 Å². The maximum Gasteiger partial charge on any atom is 0.416 e. The summed E-state index contributed by atoms with van der Waals surface area (Å²) in [4.78, 5) is 20.5. The molecule has 0 aliphatic rings. The Labute approximate surface area is 194 Å². The van der Waals surface area contributed by atoms with Gasteiger partial charge in [-0.25, -0.2) is 19.0 Å². The first-order valence-electron chi connectivity index (χ1n) is 9.58. The minimum absolute atomic E-state index is 0.127. The summed E-state index contributed by atoms with van der Waals surface area (Å²) in [6.45, 7) is 1.73. The van der Waals surface area contributed by atoms with E-state index in [1.807, 2.05) is 0 Å². The molecule has 4 aromatic rings. The van der Waals surface area contributed by atoms with Gasteiger partial charge in [-0.15, -0.1) is 0 Å². The highest BCUT2D eigenvalue weighted by Crippen LogP contribution is 2.33. The van der Waals surface area contributed by atoms with Crippen molar-refractivity contribution in [2.45, 2.75) is 19.2 Å². The first-order valence-corrected chi connectivity index (χ1v) is 9.96. The maximum absolute atomic E-state index is 13.6. The molecule has 8 nitrogen and oxygen atoms in total. The van der Waals surface area contributed by atoms with Gasteiger partial charge in [-0.2, -0.15) is 18.3 Å². The molecule has 2 aromatic carbocycles. The number of benzene rings is 2. The number of hydrogen-bond acceptors (Lipinski definition) is 6. The summed E-state index contributed by atoms with van der Waals surface area (Å²) in [5.41, 5.74) is 6.12. The van der Waals surface area contributed by atoms with Gasteiger partial charge in [0.05, 0.1) is 22.0 Å². The summed E-state index contributed by atoms with van der Waals surface area (Å²) < 4.78 is 53.8. The fourth-order valence-corrected chi connectivity index (χ4v) is 3.60. The highest BCUT2D eigenvalue weighted by atomic mass is 35.5. The standard InChI is InChI=1S/C21H15ClF4N6O2/c1-9-16-17(19(27)29-8-28-16)32(31-9)15-3-2-13(7-14(15)22)30-20(34)18(33)10-4-11(21(24,25)26)6-12(23)5-10/h2-8,18,33H,1H3,(H,30,34)(H2,27,28,29)/t18-/m1/s1. The van der Waals surface area contributed by atoms with Crippen molar-refractivity contribution in [1.29, 1.82) is 0 Å². The minimum atomic E-state index is -4.85. The molecule has 0 bridgehead atoms. The predicted octanol–water partition coefficient (Wildman–Crippen LogP) is 4.19. The van der Waals surface area contributed by atoms with E-state index < -0.39 is 35.1 Å². The van der Waals surface area contributed by atoms with Gasteiger partial charge in [-0.3, -0.25) is 4.79 Å². The van der Waals surface area contributed by atoms with Crippen molar-refractivity contribution in [3.63, 3.8) is 0 Å². The lowest BCUT2D eigenvalue weighted by atomic mass is 10.0. The summed E-state index contributed by atoms with van der Waals surface area (Å²) >= 11 is 6.37. The predicted molar refractivity (Wildman–Crippen MR) is 116 cm³/mol. The zero-order valence-corrected chi connectivity index (χ0v) is 18.0. The van der Waals surface area contributed by atoms with E-state index in [9.17, 15) is 27.5 Å². The normalized spacial score (nSPS) is 12.7. The Balaban J connectivity index is 1.61. The van der Waals surface area contributed by atoms with Crippen molar-refractivity contribution >= 4 is 40.0 Å². The first-order chi connectivity index (χ1) is 16.0. The molecule has 2 heterocycles. The van der Waals surface area contributed by atoms with E-state index in [0.29, 0.717) is 34.5 Å².